The molecule has 1 unspecified atom stereocenters. The van der Waals surface area contributed by atoms with Crippen molar-refractivity contribution in [2.75, 3.05) is 26.2 Å². The van der Waals surface area contributed by atoms with Crippen molar-refractivity contribution in [2.45, 2.75) is 19.8 Å². The lowest BCUT2D eigenvalue weighted by Crippen LogP contribution is -2.43. The Kier molecular flexibility index (Phi) is 4.98. The minimum Gasteiger partial charge on any atom is -0.465 e. The van der Waals surface area contributed by atoms with E-state index in [0.29, 0.717) is 18.1 Å². The molecular weight excluding hydrogens is 212 g/mol. The molecule has 0 spiro atoms. The number of nitrogens with zero attached hydrogens (tertiary/aromatic N) is 1. The first-order chi connectivity index (χ1) is 7.13. The number of esters is 1. The minimum absolute atomic E-state index is 0.166. The van der Waals surface area contributed by atoms with Crippen LogP contribution in [0, 0.1) is 5.92 Å². The predicted molar refractivity (Wildman–Crippen MR) is 62.6 cm³/mol. The smallest absolute Gasteiger partial charge is 0.320 e. The second-order valence-corrected chi connectivity index (χ2v) is 4.25. The van der Waals surface area contributed by atoms with Gasteiger partial charge in [-0.2, -0.15) is 0 Å². The number of carbonyl (C=O) groups excluding carboxylic acids is 1. The van der Waals surface area contributed by atoms with Crippen molar-refractivity contribution in [1.29, 1.82) is 0 Å². The normalized spacial score (nSPS) is 22.3. The fourth-order valence-electron chi connectivity index (χ4n) is 1.82. The SMILES string of the molecule is CCOC(=O)CN1CCCC(C(N)=S)C1. The van der Waals surface area contributed by atoms with Crippen LogP contribution in [-0.4, -0.2) is 42.1 Å². The Bertz CT molecular complexity index is 246. The van der Waals surface area contributed by atoms with Gasteiger partial charge in [0.15, 0.2) is 0 Å². The molecule has 1 aliphatic heterocycles. The van der Waals surface area contributed by atoms with Crippen molar-refractivity contribution in [2.24, 2.45) is 11.7 Å². The number of ether oxygens (including phenoxy) is 1. The van der Waals surface area contributed by atoms with Gasteiger partial charge in [-0.05, 0) is 26.3 Å². The molecule has 5 heteroatoms. The molecule has 0 aromatic heterocycles. The summed E-state index contributed by atoms with van der Waals surface area (Å²) in [5, 5.41) is 0. The highest BCUT2D eigenvalue weighted by molar-refractivity contribution is 7.80. The summed E-state index contributed by atoms with van der Waals surface area (Å²) in [7, 11) is 0. The van der Waals surface area contributed by atoms with Crippen LogP contribution in [0.15, 0.2) is 0 Å². The zero-order valence-corrected chi connectivity index (χ0v) is 9.89. The van der Waals surface area contributed by atoms with Gasteiger partial charge in [-0.15, -0.1) is 0 Å². The zero-order valence-electron chi connectivity index (χ0n) is 9.07. The summed E-state index contributed by atoms with van der Waals surface area (Å²) in [6.45, 7) is 4.32. The van der Waals surface area contributed by atoms with Crippen LogP contribution in [0.3, 0.4) is 0 Å². The first-order valence-corrected chi connectivity index (χ1v) is 5.71. The lowest BCUT2D eigenvalue weighted by Gasteiger charge is -2.31. The van der Waals surface area contributed by atoms with Gasteiger partial charge >= 0.3 is 5.97 Å². The van der Waals surface area contributed by atoms with E-state index in [1.807, 2.05) is 6.92 Å². The van der Waals surface area contributed by atoms with Crippen molar-refractivity contribution >= 4 is 23.2 Å². The van der Waals surface area contributed by atoms with Gasteiger partial charge < -0.3 is 10.5 Å². The van der Waals surface area contributed by atoms with Crippen molar-refractivity contribution in [3.05, 3.63) is 0 Å². The number of piperidine rings is 1. The second-order valence-electron chi connectivity index (χ2n) is 3.78. The van der Waals surface area contributed by atoms with Crippen LogP contribution in [0.2, 0.25) is 0 Å². The average molecular weight is 230 g/mol. The maximum Gasteiger partial charge on any atom is 0.320 e. The lowest BCUT2D eigenvalue weighted by atomic mass is 9.98. The van der Waals surface area contributed by atoms with Crippen LogP contribution in [-0.2, 0) is 9.53 Å². The van der Waals surface area contributed by atoms with E-state index >= 15 is 0 Å². The maximum absolute atomic E-state index is 11.3. The topological polar surface area (TPSA) is 55.6 Å². The first kappa shape index (κ1) is 12.4. The Labute approximate surface area is 95.8 Å². The molecule has 0 amide bonds. The van der Waals surface area contributed by atoms with E-state index in [1.54, 1.807) is 0 Å². The van der Waals surface area contributed by atoms with Gasteiger partial charge in [0, 0.05) is 12.5 Å². The summed E-state index contributed by atoms with van der Waals surface area (Å²) in [6.07, 6.45) is 2.08. The van der Waals surface area contributed by atoms with Gasteiger partial charge in [0.2, 0.25) is 0 Å². The summed E-state index contributed by atoms with van der Waals surface area (Å²) in [4.78, 5) is 13.9. The number of thiocarbonyl (C=S) groups is 1. The van der Waals surface area contributed by atoms with Gasteiger partial charge in [0.25, 0.3) is 0 Å². The molecule has 0 saturated carbocycles. The van der Waals surface area contributed by atoms with Crippen LogP contribution in [0.4, 0.5) is 0 Å². The molecule has 2 N–H and O–H groups in total. The predicted octanol–water partition coefficient (Wildman–Crippen LogP) is 0.548. The van der Waals surface area contributed by atoms with Gasteiger partial charge in [0.1, 0.15) is 0 Å². The highest BCUT2D eigenvalue weighted by atomic mass is 32.1. The van der Waals surface area contributed by atoms with E-state index in [1.165, 1.54) is 0 Å². The molecule has 86 valence electrons. The van der Waals surface area contributed by atoms with Crippen molar-refractivity contribution in [3.8, 4) is 0 Å². The summed E-state index contributed by atoms with van der Waals surface area (Å²) in [5.74, 6) is 0.0873. The molecule has 0 radical (unpaired) electrons. The highest BCUT2D eigenvalue weighted by Gasteiger charge is 2.23. The van der Waals surface area contributed by atoms with Crippen LogP contribution in [0.1, 0.15) is 19.8 Å². The van der Waals surface area contributed by atoms with Gasteiger partial charge in [0.05, 0.1) is 18.1 Å². The van der Waals surface area contributed by atoms with E-state index in [-0.39, 0.29) is 11.9 Å². The molecule has 0 aliphatic carbocycles. The molecule has 15 heavy (non-hydrogen) atoms. The summed E-state index contributed by atoms with van der Waals surface area (Å²) in [6, 6.07) is 0. The van der Waals surface area contributed by atoms with Crippen molar-refractivity contribution < 1.29 is 9.53 Å². The Morgan fingerprint density at radius 3 is 3.00 bits per heavy atom. The number of carbonyl (C=O) groups is 1. The van der Waals surface area contributed by atoms with E-state index < -0.39 is 0 Å². The van der Waals surface area contributed by atoms with E-state index in [0.717, 1.165) is 25.9 Å². The third-order valence-electron chi connectivity index (χ3n) is 2.57. The molecule has 0 bridgehead atoms. The van der Waals surface area contributed by atoms with Crippen LogP contribution >= 0.6 is 12.2 Å². The van der Waals surface area contributed by atoms with Gasteiger partial charge in [-0.3, -0.25) is 9.69 Å². The summed E-state index contributed by atoms with van der Waals surface area (Å²) in [5.41, 5.74) is 5.61. The summed E-state index contributed by atoms with van der Waals surface area (Å²) < 4.78 is 4.90. The number of nitrogens with two attached hydrogens (primary N) is 1. The molecule has 4 nitrogen and oxygen atoms in total. The molecule has 1 saturated heterocycles. The Morgan fingerprint density at radius 2 is 2.40 bits per heavy atom. The fourth-order valence-corrected chi connectivity index (χ4v) is 2.01. The molecule has 0 aromatic carbocycles. The summed E-state index contributed by atoms with van der Waals surface area (Å²) >= 11 is 4.97. The van der Waals surface area contributed by atoms with Crippen LogP contribution in [0.5, 0.6) is 0 Å². The van der Waals surface area contributed by atoms with E-state index in [9.17, 15) is 4.79 Å². The van der Waals surface area contributed by atoms with Gasteiger partial charge in [-0.25, -0.2) is 0 Å². The number of hydrogen-bond donors (Lipinski definition) is 1. The molecule has 1 heterocycles. The van der Waals surface area contributed by atoms with E-state index in [2.05, 4.69) is 4.90 Å². The molecule has 1 aliphatic rings. The number of rotatable bonds is 4. The zero-order chi connectivity index (χ0) is 11.3. The second kappa shape index (κ2) is 6.02. The Balaban J connectivity index is 2.36. The molecule has 0 aromatic rings. The minimum atomic E-state index is -0.166. The number of hydrogen-bond acceptors (Lipinski definition) is 4. The fraction of sp³-hybridized carbons (Fsp3) is 0.800. The molecule has 1 atom stereocenters. The lowest BCUT2D eigenvalue weighted by molar-refractivity contribution is -0.144. The monoisotopic (exact) mass is 230 g/mol. The molecular formula is C10H18N2O2S. The Morgan fingerprint density at radius 1 is 1.67 bits per heavy atom. The first-order valence-electron chi connectivity index (χ1n) is 5.30. The van der Waals surface area contributed by atoms with Crippen LogP contribution < -0.4 is 5.73 Å². The highest BCUT2D eigenvalue weighted by Crippen LogP contribution is 2.16. The third-order valence-corrected chi connectivity index (χ3v) is 2.90. The maximum atomic E-state index is 11.3. The van der Waals surface area contributed by atoms with E-state index in [4.69, 9.17) is 22.7 Å². The standard InChI is InChI=1S/C10H18N2O2S/c1-2-14-9(13)7-12-5-3-4-8(6-12)10(11)15/h8H,2-7H2,1H3,(H2,11,15). The number of likely N-dealkylation sites (tertiary alicyclic amines) is 1. The average Bonchev–Trinajstić information content (AvgIpc) is 2.18. The molecule has 1 rings (SSSR count). The largest absolute Gasteiger partial charge is 0.465 e. The van der Waals surface area contributed by atoms with Crippen molar-refractivity contribution in [3.63, 3.8) is 0 Å². The van der Waals surface area contributed by atoms with Crippen molar-refractivity contribution in [1.82, 2.24) is 4.90 Å². The van der Waals surface area contributed by atoms with Gasteiger partial charge in [-0.1, -0.05) is 12.2 Å². The third kappa shape index (κ3) is 4.13. The Hall–Kier alpha value is -0.680. The molecule has 1 fully saturated rings. The van der Waals surface area contributed by atoms with Crippen LogP contribution in [0.25, 0.3) is 0 Å². The quantitative estimate of drug-likeness (QED) is 0.564.